The summed E-state index contributed by atoms with van der Waals surface area (Å²) >= 11 is 0. The molecule has 2 atom stereocenters. The number of benzene rings is 1. The van der Waals surface area contributed by atoms with Gasteiger partial charge in [-0.1, -0.05) is 18.1 Å². The van der Waals surface area contributed by atoms with Crippen molar-refractivity contribution in [1.29, 1.82) is 0 Å². The van der Waals surface area contributed by atoms with Gasteiger partial charge in [-0.3, -0.25) is 4.79 Å². The number of terminal acetylenes is 1. The smallest absolute Gasteiger partial charge is 0.416 e. The zero-order chi connectivity index (χ0) is 20.6. The first-order valence-corrected chi connectivity index (χ1v) is 8.85. The number of rotatable bonds is 8. The van der Waals surface area contributed by atoms with Crippen molar-refractivity contribution in [3.63, 3.8) is 0 Å². The summed E-state index contributed by atoms with van der Waals surface area (Å²) in [6.45, 7) is 0.388. The first kappa shape index (κ1) is 21.8. The van der Waals surface area contributed by atoms with Crippen molar-refractivity contribution in [3.05, 3.63) is 47.2 Å². The highest BCUT2D eigenvalue weighted by Crippen LogP contribution is 2.34. The van der Waals surface area contributed by atoms with Crippen LogP contribution < -0.4 is 5.32 Å². The number of alkyl halides is 3. The molecule has 0 unspecified atom stereocenters. The Bertz CT molecular complexity index is 722. The highest BCUT2D eigenvalue weighted by atomic mass is 19.4. The van der Waals surface area contributed by atoms with Crippen LogP contribution >= 0.6 is 0 Å². The summed E-state index contributed by atoms with van der Waals surface area (Å²) in [5.74, 6) is 1.43. The largest absolute Gasteiger partial charge is 0.459 e. The SMILES string of the molecule is C#CCNC(=O)C1=C[C@H](c2ccc(C(F)(F)F)cc2)C[C@H](OCCCCO)O1. The fourth-order valence-corrected chi connectivity index (χ4v) is 2.72. The maximum Gasteiger partial charge on any atom is 0.416 e. The molecule has 0 saturated heterocycles. The Hall–Kier alpha value is -2.50. The molecule has 0 bridgehead atoms. The molecule has 1 aromatic carbocycles. The zero-order valence-corrected chi connectivity index (χ0v) is 15.2. The third-order valence-corrected chi connectivity index (χ3v) is 4.15. The number of aliphatic hydroxyl groups excluding tert-OH is 1. The average Bonchev–Trinajstić information content (AvgIpc) is 2.68. The lowest BCUT2D eigenvalue weighted by Crippen LogP contribution is -2.33. The summed E-state index contributed by atoms with van der Waals surface area (Å²) in [5, 5.41) is 11.3. The molecular formula is C20H22F3NO4. The van der Waals surface area contributed by atoms with Crippen LogP contribution in [0.1, 0.15) is 36.3 Å². The predicted octanol–water partition coefficient (Wildman–Crippen LogP) is 2.96. The summed E-state index contributed by atoms with van der Waals surface area (Å²) < 4.78 is 49.5. The summed E-state index contributed by atoms with van der Waals surface area (Å²) in [4.78, 5) is 12.2. The molecule has 0 spiro atoms. The molecule has 0 radical (unpaired) electrons. The van der Waals surface area contributed by atoms with Gasteiger partial charge in [0.25, 0.3) is 5.91 Å². The van der Waals surface area contributed by atoms with Crippen molar-refractivity contribution in [3.8, 4) is 12.3 Å². The van der Waals surface area contributed by atoms with Gasteiger partial charge >= 0.3 is 6.18 Å². The van der Waals surface area contributed by atoms with Gasteiger partial charge in [-0.15, -0.1) is 6.42 Å². The number of ether oxygens (including phenoxy) is 2. The number of aliphatic hydroxyl groups is 1. The number of allylic oxidation sites excluding steroid dienone is 1. The summed E-state index contributed by atoms with van der Waals surface area (Å²) in [6.07, 6.45) is 3.07. The van der Waals surface area contributed by atoms with Gasteiger partial charge < -0.3 is 19.9 Å². The topological polar surface area (TPSA) is 67.8 Å². The Kier molecular flexibility index (Phi) is 7.91. The molecule has 1 aliphatic rings. The van der Waals surface area contributed by atoms with Gasteiger partial charge in [-0.05, 0) is 36.6 Å². The number of unbranched alkanes of at least 4 members (excludes halogenated alkanes) is 1. The molecule has 0 fully saturated rings. The van der Waals surface area contributed by atoms with E-state index in [0.717, 1.165) is 12.1 Å². The second kappa shape index (κ2) is 10.2. The van der Waals surface area contributed by atoms with Crippen LogP contribution in [0.15, 0.2) is 36.1 Å². The Morgan fingerprint density at radius 2 is 2.04 bits per heavy atom. The summed E-state index contributed by atoms with van der Waals surface area (Å²) in [6, 6.07) is 4.78. The van der Waals surface area contributed by atoms with Gasteiger partial charge in [-0.25, -0.2) is 0 Å². The van der Waals surface area contributed by atoms with E-state index in [-0.39, 0.29) is 24.8 Å². The van der Waals surface area contributed by atoms with E-state index in [1.807, 2.05) is 0 Å². The van der Waals surface area contributed by atoms with E-state index in [2.05, 4.69) is 11.2 Å². The average molecular weight is 397 g/mol. The van der Waals surface area contributed by atoms with Crippen LogP contribution in [0.5, 0.6) is 0 Å². The van der Waals surface area contributed by atoms with E-state index in [1.165, 1.54) is 12.1 Å². The number of amides is 1. The van der Waals surface area contributed by atoms with Crippen molar-refractivity contribution in [1.82, 2.24) is 5.32 Å². The number of hydrogen-bond acceptors (Lipinski definition) is 4. The molecule has 8 heteroatoms. The van der Waals surface area contributed by atoms with Crippen molar-refractivity contribution in [2.45, 2.75) is 37.6 Å². The molecule has 152 valence electrons. The molecule has 2 N–H and O–H groups in total. The van der Waals surface area contributed by atoms with Crippen molar-refractivity contribution < 1.29 is 32.5 Å². The highest BCUT2D eigenvalue weighted by Gasteiger charge is 2.32. The number of nitrogens with one attached hydrogen (secondary N) is 1. The molecule has 2 rings (SSSR count). The maximum absolute atomic E-state index is 12.8. The quantitative estimate of drug-likeness (QED) is 0.523. The Morgan fingerprint density at radius 1 is 1.32 bits per heavy atom. The lowest BCUT2D eigenvalue weighted by atomic mass is 9.92. The normalized spacial score (nSPS) is 19.3. The van der Waals surface area contributed by atoms with Crippen molar-refractivity contribution in [2.24, 2.45) is 0 Å². The Balaban J connectivity index is 2.16. The number of carbonyl (C=O) groups excluding carboxylic acids is 1. The molecular weight excluding hydrogens is 375 g/mol. The third kappa shape index (κ3) is 6.29. The van der Waals surface area contributed by atoms with Gasteiger partial charge in [-0.2, -0.15) is 13.2 Å². The summed E-state index contributed by atoms with van der Waals surface area (Å²) in [7, 11) is 0. The maximum atomic E-state index is 12.8. The molecule has 1 heterocycles. The van der Waals surface area contributed by atoms with Crippen LogP contribution in [0.3, 0.4) is 0 Å². The van der Waals surface area contributed by atoms with Gasteiger partial charge in [0.1, 0.15) is 0 Å². The number of carbonyl (C=O) groups is 1. The van der Waals surface area contributed by atoms with E-state index in [4.69, 9.17) is 21.0 Å². The molecule has 1 amide bonds. The summed E-state index contributed by atoms with van der Waals surface area (Å²) in [5.41, 5.74) is -0.126. The van der Waals surface area contributed by atoms with Crippen LogP contribution in [0.4, 0.5) is 13.2 Å². The first-order valence-electron chi connectivity index (χ1n) is 8.85. The lowest BCUT2D eigenvalue weighted by Gasteiger charge is -2.29. The number of halogens is 3. The fourth-order valence-electron chi connectivity index (χ4n) is 2.72. The van der Waals surface area contributed by atoms with Crippen LogP contribution in [0, 0.1) is 12.3 Å². The highest BCUT2D eigenvalue weighted by molar-refractivity contribution is 5.91. The van der Waals surface area contributed by atoms with Crippen LogP contribution in [0.2, 0.25) is 0 Å². The zero-order valence-electron chi connectivity index (χ0n) is 15.2. The van der Waals surface area contributed by atoms with E-state index in [0.29, 0.717) is 31.4 Å². The lowest BCUT2D eigenvalue weighted by molar-refractivity contribution is -0.146. The Labute approximate surface area is 161 Å². The van der Waals surface area contributed by atoms with E-state index < -0.39 is 23.9 Å². The van der Waals surface area contributed by atoms with Gasteiger partial charge in [0.15, 0.2) is 5.76 Å². The van der Waals surface area contributed by atoms with Crippen molar-refractivity contribution in [2.75, 3.05) is 19.8 Å². The van der Waals surface area contributed by atoms with Gasteiger partial charge in [0, 0.05) is 18.9 Å². The molecule has 0 saturated carbocycles. The van der Waals surface area contributed by atoms with Crippen LogP contribution in [-0.4, -0.2) is 37.1 Å². The predicted molar refractivity (Wildman–Crippen MR) is 95.9 cm³/mol. The number of hydrogen-bond donors (Lipinski definition) is 2. The minimum atomic E-state index is -4.41. The standard InChI is InChI=1S/C20H22F3NO4/c1-2-9-24-19(26)17-12-15(13-18(28-17)27-11-4-3-10-25)14-5-7-16(8-6-14)20(21,22)23/h1,5-8,12,15,18,25H,3-4,9-11,13H2,(H,24,26)/t15-,18+/m0/s1. The first-order chi connectivity index (χ1) is 13.3. The van der Waals surface area contributed by atoms with Crippen LogP contribution in [0.25, 0.3) is 0 Å². The van der Waals surface area contributed by atoms with Crippen LogP contribution in [-0.2, 0) is 20.4 Å². The monoisotopic (exact) mass is 397 g/mol. The minimum Gasteiger partial charge on any atom is -0.459 e. The molecule has 5 nitrogen and oxygen atoms in total. The fraction of sp³-hybridized carbons (Fsp3) is 0.450. The minimum absolute atomic E-state index is 0.0126. The molecule has 28 heavy (non-hydrogen) atoms. The van der Waals surface area contributed by atoms with E-state index in [9.17, 15) is 18.0 Å². The molecule has 0 aromatic heterocycles. The van der Waals surface area contributed by atoms with Gasteiger partial charge in [0.05, 0.1) is 18.7 Å². The third-order valence-electron chi connectivity index (χ3n) is 4.15. The molecule has 1 aromatic rings. The van der Waals surface area contributed by atoms with E-state index >= 15 is 0 Å². The second-order valence-corrected chi connectivity index (χ2v) is 6.23. The van der Waals surface area contributed by atoms with Crippen molar-refractivity contribution >= 4 is 5.91 Å². The molecule has 1 aliphatic heterocycles. The Morgan fingerprint density at radius 3 is 2.64 bits per heavy atom. The molecule has 0 aliphatic carbocycles. The second-order valence-electron chi connectivity index (χ2n) is 6.23. The van der Waals surface area contributed by atoms with E-state index in [1.54, 1.807) is 6.08 Å². The van der Waals surface area contributed by atoms with Gasteiger partial charge in [0.2, 0.25) is 6.29 Å².